The van der Waals surface area contributed by atoms with Gasteiger partial charge in [-0.3, -0.25) is 0 Å². The zero-order chi connectivity index (χ0) is 14.1. The van der Waals surface area contributed by atoms with E-state index in [4.69, 9.17) is 10.9 Å². The summed E-state index contributed by atoms with van der Waals surface area (Å²) < 4.78 is 0. The highest BCUT2D eigenvalue weighted by atomic mass is 16.4. The van der Waals surface area contributed by atoms with Crippen LogP contribution in [0.25, 0.3) is 10.8 Å². The minimum atomic E-state index is 0.155. The Labute approximate surface area is 118 Å². The minimum Gasteiger partial charge on any atom is -0.409 e. The fourth-order valence-electron chi connectivity index (χ4n) is 2.82. The Balaban J connectivity index is 2.20. The van der Waals surface area contributed by atoms with Crippen molar-refractivity contribution in [2.24, 2.45) is 10.9 Å². The van der Waals surface area contributed by atoms with Crippen molar-refractivity contribution < 1.29 is 5.21 Å². The molecule has 3 N–H and O–H groups in total. The molecule has 0 bridgehead atoms. The first-order chi connectivity index (χ1) is 9.76. The molecule has 0 radical (unpaired) electrons. The van der Waals surface area contributed by atoms with Crippen LogP contribution in [-0.4, -0.2) is 23.6 Å². The van der Waals surface area contributed by atoms with Gasteiger partial charge in [0.25, 0.3) is 0 Å². The molecule has 0 aliphatic heterocycles. The highest BCUT2D eigenvalue weighted by Crippen LogP contribution is 2.36. The average Bonchev–Trinajstić information content (AvgIpc) is 3.32. The van der Waals surface area contributed by atoms with Crippen molar-refractivity contribution in [3.8, 4) is 0 Å². The maximum atomic E-state index is 8.92. The second-order valence-electron chi connectivity index (χ2n) is 5.18. The zero-order valence-corrected chi connectivity index (χ0v) is 11.6. The van der Waals surface area contributed by atoms with Crippen molar-refractivity contribution in [2.45, 2.75) is 25.8 Å². The third-order valence-corrected chi connectivity index (χ3v) is 3.92. The van der Waals surface area contributed by atoms with Gasteiger partial charge in [-0.05, 0) is 37.3 Å². The van der Waals surface area contributed by atoms with Gasteiger partial charge in [0.2, 0.25) is 0 Å². The Morgan fingerprint density at radius 2 is 1.95 bits per heavy atom. The Morgan fingerprint density at radius 1 is 1.25 bits per heavy atom. The van der Waals surface area contributed by atoms with E-state index in [1.807, 2.05) is 24.3 Å². The van der Waals surface area contributed by atoms with E-state index in [2.05, 4.69) is 29.1 Å². The van der Waals surface area contributed by atoms with Crippen LogP contribution in [0.4, 0.5) is 5.69 Å². The van der Waals surface area contributed by atoms with Gasteiger partial charge in [-0.15, -0.1) is 0 Å². The summed E-state index contributed by atoms with van der Waals surface area (Å²) in [5.74, 6) is 0.155. The van der Waals surface area contributed by atoms with Crippen molar-refractivity contribution in [3.63, 3.8) is 0 Å². The smallest absolute Gasteiger partial charge is 0.170 e. The highest BCUT2D eigenvalue weighted by molar-refractivity contribution is 6.11. The Hall–Kier alpha value is -2.23. The summed E-state index contributed by atoms with van der Waals surface area (Å²) in [6.45, 7) is 3.18. The number of benzene rings is 2. The van der Waals surface area contributed by atoms with E-state index in [1.54, 1.807) is 0 Å². The number of hydrogen-bond acceptors (Lipinski definition) is 3. The van der Waals surface area contributed by atoms with Crippen LogP contribution in [0.2, 0.25) is 0 Å². The maximum Gasteiger partial charge on any atom is 0.170 e. The van der Waals surface area contributed by atoms with Crippen LogP contribution >= 0.6 is 0 Å². The van der Waals surface area contributed by atoms with Crippen molar-refractivity contribution in [1.29, 1.82) is 0 Å². The lowest BCUT2D eigenvalue weighted by Gasteiger charge is -2.25. The largest absolute Gasteiger partial charge is 0.409 e. The quantitative estimate of drug-likeness (QED) is 0.388. The molecule has 0 amide bonds. The molecule has 1 saturated carbocycles. The third-order valence-electron chi connectivity index (χ3n) is 3.92. The van der Waals surface area contributed by atoms with Gasteiger partial charge in [0, 0.05) is 29.2 Å². The Kier molecular flexibility index (Phi) is 3.22. The number of fused-ring (bicyclic) bond motifs is 1. The number of anilines is 1. The van der Waals surface area contributed by atoms with Crippen LogP contribution in [0.15, 0.2) is 41.6 Å². The minimum absolute atomic E-state index is 0.155. The van der Waals surface area contributed by atoms with Crippen molar-refractivity contribution >= 4 is 22.3 Å². The van der Waals surface area contributed by atoms with E-state index in [-0.39, 0.29) is 5.84 Å². The van der Waals surface area contributed by atoms with Gasteiger partial charge in [0.15, 0.2) is 5.84 Å². The Morgan fingerprint density at radius 3 is 2.55 bits per heavy atom. The summed E-state index contributed by atoms with van der Waals surface area (Å²) in [6, 6.07) is 12.8. The molecule has 1 fully saturated rings. The SMILES string of the molecule is CCN(c1ccc(/C(N)=N/O)c2ccccc12)C1CC1. The predicted octanol–water partition coefficient (Wildman–Crippen LogP) is 2.92. The van der Waals surface area contributed by atoms with E-state index in [1.165, 1.54) is 18.5 Å². The zero-order valence-electron chi connectivity index (χ0n) is 11.6. The molecule has 4 heteroatoms. The fourth-order valence-corrected chi connectivity index (χ4v) is 2.82. The first-order valence-electron chi connectivity index (χ1n) is 7.02. The molecule has 1 aliphatic carbocycles. The van der Waals surface area contributed by atoms with Crippen LogP contribution in [0.3, 0.4) is 0 Å². The van der Waals surface area contributed by atoms with Gasteiger partial charge in [0.1, 0.15) is 0 Å². The fraction of sp³-hybridized carbons (Fsp3) is 0.312. The molecule has 4 nitrogen and oxygen atoms in total. The van der Waals surface area contributed by atoms with E-state index >= 15 is 0 Å². The van der Waals surface area contributed by atoms with E-state index in [0.717, 1.165) is 22.9 Å². The van der Waals surface area contributed by atoms with Crippen LogP contribution in [0.5, 0.6) is 0 Å². The van der Waals surface area contributed by atoms with Crippen LogP contribution in [0, 0.1) is 0 Å². The predicted molar refractivity (Wildman–Crippen MR) is 82.5 cm³/mol. The molecule has 2 aromatic carbocycles. The molecule has 2 aromatic rings. The van der Waals surface area contributed by atoms with E-state index < -0.39 is 0 Å². The standard InChI is InChI=1S/C16H19N3O/c1-2-19(11-7-8-11)15-10-9-14(16(17)18-20)12-5-3-4-6-13(12)15/h3-6,9-11,20H,2,7-8H2,1H3,(H2,17,18). The number of rotatable bonds is 4. The normalized spacial score (nSPS) is 15.6. The second-order valence-corrected chi connectivity index (χ2v) is 5.18. The van der Waals surface area contributed by atoms with Gasteiger partial charge in [0.05, 0.1) is 0 Å². The number of nitrogens with zero attached hydrogens (tertiary/aromatic N) is 2. The maximum absolute atomic E-state index is 8.92. The average molecular weight is 269 g/mol. The second kappa shape index (κ2) is 5.04. The Bertz CT molecular complexity index is 662. The number of nitrogens with two attached hydrogens (primary N) is 1. The summed E-state index contributed by atoms with van der Waals surface area (Å²) in [6.07, 6.45) is 2.54. The molecule has 104 valence electrons. The molecule has 0 heterocycles. The molecule has 1 aliphatic rings. The lowest BCUT2D eigenvalue weighted by molar-refractivity contribution is 0.318. The van der Waals surface area contributed by atoms with Gasteiger partial charge < -0.3 is 15.8 Å². The van der Waals surface area contributed by atoms with Crippen molar-refractivity contribution in [3.05, 3.63) is 42.0 Å². The monoisotopic (exact) mass is 269 g/mol. The molecule has 20 heavy (non-hydrogen) atoms. The highest BCUT2D eigenvalue weighted by Gasteiger charge is 2.29. The molecule has 3 rings (SSSR count). The first-order valence-corrected chi connectivity index (χ1v) is 7.02. The van der Waals surface area contributed by atoms with Gasteiger partial charge >= 0.3 is 0 Å². The van der Waals surface area contributed by atoms with Crippen molar-refractivity contribution in [1.82, 2.24) is 0 Å². The first kappa shape index (κ1) is 12.8. The molecule has 0 aromatic heterocycles. The molecular weight excluding hydrogens is 250 g/mol. The topological polar surface area (TPSA) is 61.8 Å². The molecule has 0 saturated heterocycles. The van der Waals surface area contributed by atoms with Crippen molar-refractivity contribution in [2.75, 3.05) is 11.4 Å². The number of oxime groups is 1. The van der Waals surface area contributed by atoms with Gasteiger partial charge in [-0.2, -0.15) is 0 Å². The number of hydrogen-bond donors (Lipinski definition) is 2. The van der Waals surface area contributed by atoms with E-state index in [0.29, 0.717) is 6.04 Å². The lowest BCUT2D eigenvalue weighted by Crippen LogP contribution is -2.25. The van der Waals surface area contributed by atoms with Gasteiger partial charge in [-0.25, -0.2) is 0 Å². The summed E-state index contributed by atoms with van der Waals surface area (Å²) in [4.78, 5) is 2.44. The summed E-state index contributed by atoms with van der Waals surface area (Å²) in [5, 5.41) is 14.2. The molecule has 0 spiro atoms. The van der Waals surface area contributed by atoms with Gasteiger partial charge in [-0.1, -0.05) is 29.4 Å². The summed E-state index contributed by atoms with van der Waals surface area (Å²) >= 11 is 0. The molecule has 0 unspecified atom stereocenters. The molecule has 0 atom stereocenters. The summed E-state index contributed by atoms with van der Waals surface area (Å²) in [7, 11) is 0. The summed E-state index contributed by atoms with van der Waals surface area (Å²) in [5.41, 5.74) is 7.79. The lowest BCUT2D eigenvalue weighted by atomic mass is 10.0. The third kappa shape index (κ3) is 2.07. The number of amidine groups is 1. The molecular formula is C16H19N3O. The van der Waals surface area contributed by atoms with Crippen LogP contribution in [0.1, 0.15) is 25.3 Å². The van der Waals surface area contributed by atoms with E-state index in [9.17, 15) is 0 Å². The van der Waals surface area contributed by atoms with Crippen LogP contribution < -0.4 is 10.6 Å². The van der Waals surface area contributed by atoms with Crippen LogP contribution in [-0.2, 0) is 0 Å².